The van der Waals surface area contributed by atoms with Crippen molar-refractivity contribution in [2.75, 3.05) is 13.0 Å². The first kappa shape index (κ1) is 21.3. The molecule has 0 spiro atoms. The zero-order valence-corrected chi connectivity index (χ0v) is 18.9. The number of benzene rings is 2. The highest BCUT2D eigenvalue weighted by molar-refractivity contribution is 14.1. The number of ether oxygens (including phenoxy) is 1. The van der Waals surface area contributed by atoms with Crippen molar-refractivity contribution in [3.8, 4) is 11.5 Å². The van der Waals surface area contributed by atoms with Gasteiger partial charge in [-0.2, -0.15) is 0 Å². The molecule has 1 unspecified atom stereocenters. The topological polar surface area (TPSA) is 66.8 Å². The van der Waals surface area contributed by atoms with Gasteiger partial charge in [-0.1, -0.05) is 19.9 Å². The van der Waals surface area contributed by atoms with Crippen molar-refractivity contribution in [3.63, 3.8) is 0 Å². The van der Waals surface area contributed by atoms with Gasteiger partial charge in [-0.05, 0) is 94.8 Å². The molecule has 4 nitrogen and oxygen atoms in total. The van der Waals surface area contributed by atoms with Crippen LogP contribution in [0.15, 0.2) is 24.3 Å². The van der Waals surface area contributed by atoms with Crippen molar-refractivity contribution in [2.45, 2.75) is 40.0 Å². The summed E-state index contributed by atoms with van der Waals surface area (Å²) in [5.41, 5.74) is 5.49. The zero-order valence-electron chi connectivity index (χ0n) is 15.8. The molecule has 6 heteroatoms. The van der Waals surface area contributed by atoms with Crippen molar-refractivity contribution >= 4 is 30.0 Å². The highest BCUT2D eigenvalue weighted by atomic mass is 127. The third kappa shape index (κ3) is 5.48. The summed E-state index contributed by atoms with van der Waals surface area (Å²) >= 11 is 2.17. The lowest BCUT2D eigenvalue weighted by molar-refractivity contribution is 0.352. The Bertz CT molecular complexity index is 832. The molecule has 2 aromatic rings. The van der Waals surface area contributed by atoms with Crippen LogP contribution in [-0.4, -0.2) is 23.0 Å². The Balaban J connectivity index is 2.32. The van der Waals surface area contributed by atoms with Gasteiger partial charge >= 0.3 is 0 Å². The highest BCUT2D eigenvalue weighted by Gasteiger charge is 2.15. The predicted molar refractivity (Wildman–Crippen MR) is 115 cm³/mol. The van der Waals surface area contributed by atoms with Crippen LogP contribution in [0, 0.1) is 17.4 Å². The second kappa shape index (κ2) is 8.32. The van der Waals surface area contributed by atoms with Crippen LogP contribution < -0.4 is 4.74 Å². The lowest BCUT2D eigenvalue weighted by Crippen LogP contribution is -2.02. The van der Waals surface area contributed by atoms with E-state index in [1.54, 1.807) is 0 Å². The minimum absolute atomic E-state index is 0.181. The normalized spacial score (nSPS) is 13.7. The van der Waals surface area contributed by atoms with E-state index in [4.69, 9.17) is 4.74 Å². The minimum Gasteiger partial charge on any atom is -0.507 e. The zero-order chi connectivity index (χ0) is 19.6. The molecule has 1 atom stereocenters. The summed E-state index contributed by atoms with van der Waals surface area (Å²) in [6.07, 6.45) is 0.583. The van der Waals surface area contributed by atoms with Crippen molar-refractivity contribution in [1.29, 1.82) is 0 Å². The van der Waals surface area contributed by atoms with Gasteiger partial charge in [0.25, 0.3) is 0 Å². The van der Waals surface area contributed by atoms with E-state index in [-0.39, 0.29) is 12.3 Å². The third-order valence-corrected chi connectivity index (χ3v) is 5.73. The van der Waals surface area contributed by atoms with Crippen molar-refractivity contribution in [2.24, 2.45) is 0 Å². The third-order valence-electron chi connectivity index (χ3n) is 4.30. The van der Waals surface area contributed by atoms with Gasteiger partial charge in [-0.15, -0.1) is 0 Å². The van der Waals surface area contributed by atoms with E-state index in [0.717, 1.165) is 32.2 Å². The molecule has 0 aromatic heterocycles. The van der Waals surface area contributed by atoms with Gasteiger partial charge in [-0.3, -0.25) is 4.57 Å². The second-order valence-electron chi connectivity index (χ2n) is 7.21. The van der Waals surface area contributed by atoms with Gasteiger partial charge in [0.1, 0.15) is 11.5 Å². The quantitative estimate of drug-likeness (QED) is 0.413. The smallest absolute Gasteiger partial charge is 0.233 e. The Morgan fingerprint density at radius 2 is 1.73 bits per heavy atom. The maximum atomic E-state index is 11.4. The number of halogens is 1. The van der Waals surface area contributed by atoms with Gasteiger partial charge in [0.05, 0.1) is 3.57 Å². The Morgan fingerprint density at radius 3 is 2.23 bits per heavy atom. The van der Waals surface area contributed by atoms with Crippen LogP contribution in [-0.2, 0) is 11.0 Å². The molecule has 2 N–H and O–H groups in total. The Kier molecular flexibility index (Phi) is 6.81. The molecule has 0 saturated carbocycles. The summed E-state index contributed by atoms with van der Waals surface area (Å²) in [6, 6.07) is 7.91. The molecule has 2 rings (SSSR count). The maximum Gasteiger partial charge on any atom is 0.233 e. The van der Waals surface area contributed by atoms with E-state index in [1.165, 1.54) is 12.2 Å². The molecule has 0 amide bonds. The highest BCUT2D eigenvalue weighted by Crippen LogP contribution is 2.36. The number of phenols is 1. The SMILES string of the molecule is Cc1cc(OCP(C)(=O)O)cc(C)c1Cc1cc(I)c(O)c(C(C)C)c1. The van der Waals surface area contributed by atoms with E-state index in [0.29, 0.717) is 11.5 Å². The van der Waals surface area contributed by atoms with Gasteiger partial charge in [0.2, 0.25) is 7.37 Å². The molecular formula is C20H26IO4P. The fourth-order valence-electron chi connectivity index (χ4n) is 2.94. The molecule has 0 aliphatic carbocycles. The van der Waals surface area contributed by atoms with Crippen LogP contribution in [0.4, 0.5) is 0 Å². The predicted octanol–water partition coefficient (Wildman–Crippen LogP) is 5.56. The second-order valence-corrected chi connectivity index (χ2v) is 10.7. The Hall–Kier alpha value is -1.04. The van der Waals surface area contributed by atoms with Crippen LogP contribution in [0.3, 0.4) is 0 Å². The molecule has 0 aliphatic rings. The fraction of sp³-hybridized carbons (Fsp3) is 0.400. The number of aryl methyl sites for hydroxylation is 2. The van der Waals surface area contributed by atoms with Crippen LogP contribution in [0.5, 0.6) is 11.5 Å². The van der Waals surface area contributed by atoms with Gasteiger partial charge < -0.3 is 14.7 Å². The Labute approximate surface area is 169 Å². The molecule has 0 radical (unpaired) electrons. The van der Waals surface area contributed by atoms with Gasteiger partial charge in [0, 0.05) is 6.66 Å². The maximum absolute atomic E-state index is 11.4. The minimum atomic E-state index is -3.20. The summed E-state index contributed by atoms with van der Waals surface area (Å²) in [6.45, 7) is 9.49. The fourth-order valence-corrected chi connectivity index (χ4v) is 4.04. The lowest BCUT2D eigenvalue weighted by atomic mass is 9.93. The summed E-state index contributed by atoms with van der Waals surface area (Å²) < 4.78 is 17.8. The summed E-state index contributed by atoms with van der Waals surface area (Å²) in [7, 11) is -3.20. The number of hydrogen-bond acceptors (Lipinski definition) is 3. The number of rotatable bonds is 6. The van der Waals surface area contributed by atoms with Crippen LogP contribution in [0.2, 0.25) is 0 Å². The monoisotopic (exact) mass is 488 g/mol. The first-order valence-electron chi connectivity index (χ1n) is 8.51. The molecule has 142 valence electrons. The Morgan fingerprint density at radius 1 is 1.15 bits per heavy atom. The van der Waals surface area contributed by atoms with Gasteiger partial charge in [0.15, 0.2) is 6.35 Å². The standard InChI is InChI=1S/C20H26IO4P/c1-12(2)17-8-15(10-19(21)20(17)22)9-18-13(3)6-16(7-14(18)4)25-11-26(5,23)24/h6-8,10,12,22H,9,11H2,1-5H3,(H,23,24). The van der Waals surface area contributed by atoms with Crippen LogP contribution in [0.1, 0.15) is 47.6 Å². The molecule has 0 aliphatic heterocycles. The van der Waals surface area contributed by atoms with Crippen molar-refractivity contribution < 1.29 is 19.3 Å². The van der Waals surface area contributed by atoms with E-state index in [1.807, 2.05) is 32.0 Å². The van der Waals surface area contributed by atoms with Crippen LogP contribution >= 0.6 is 30.0 Å². The van der Waals surface area contributed by atoms with Crippen molar-refractivity contribution in [1.82, 2.24) is 0 Å². The van der Waals surface area contributed by atoms with E-state index >= 15 is 0 Å². The average Bonchev–Trinajstić information content (AvgIpc) is 2.51. The van der Waals surface area contributed by atoms with E-state index < -0.39 is 7.37 Å². The molecular weight excluding hydrogens is 462 g/mol. The summed E-state index contributed by atoms with van der Waals surface area (Å²) in [5.74, 6) is 1.24. The number of aromatic hydroxyl groups is 1. The number of phenolic OH excluding ortho intramolecular Hbond substituents is 1. The van der Waals surface area contributed by atoms with Crippen molar-refractivity contribution in [3.05, 3.63) is 55.7 Å². The molecule has 0 bridgehead atoms. The molecule has 0 saturated heterocycles. The molecule has 0 heterocycles. The van der Waals surface area contributed by atoms with Gasteiger partial charge in [-0.25, -0.2) is 0 Å². The molecule has 26 heavy (non-hydrogen) atoms. The largest absolute Gasteiger partial charge is 0.507 e. The van der Waals surface area contributed by atoms with E-state index in [2.05, 4.69) is 42.5 Å². The first-order valence-corrected chi connectivity index (χ1v) is 11.9. The lowest BCUT2D eigenvalue weighted by Gasteiger charge is -2.16. The van der Waals surface area contributed by atoms with Crippen LogP contribution in [0.25, 0.3) is 0 Å². The molecule has 0 fully saturated rings. The molecule has 2 aromatic carbocycles. The summed E-state index contributed by atoms with van der Waals surface area (Å²) in [5, 5.41) is 10.3. The summed E-state index contributed by atoms with van der Waals surface area (Å²) in [4.78, 5) is 9.40. The first-order chi connectivity index (χ1) is 12.0. The van der Waals surface area contributed by atoms with E-state index in [9.17, 15) is 14.6 Å². The average molecular weight is 488 g/mol. The number of hydrogen-bond donors (Lipinski definition) is 2.